The summed E-state index contributed by atoms with van der Waals surface area (Å²) in [5, 5.41) is 3.46. The van der Waals surface area contributed by atoms with Gasteiger partial charge in [0.15, 0.2) is 0 Å². The average Bonchev–Trinajstić information content (AvgIpc) is 2.36. The molecule has 0 aromatic heterocycles. The van der Waals surface area contributed by atoms with E-state index in [1.165, 1.54) is 0 Å². The molecule has 0 bridgehead atoms. The van der Waals surface area contributed by atoms with Gasteiger partial charge in [0, 0.05) is 11.6 Å². The zero-order chi connectivity index (χ0) is 14.5. The molecule has 0 radical (unpaired) electrons. The quantitative estimate of drug-likeness (QED) is 0.820. The van der Waals surface area contributed by atoms with E-state index in [-0.39, 0.29) is 5.41 Å². The molecule has 19 heavy (non-hydrogen) atoms. The van der Waals surface area contributed by atoms with Crippen LogP contribution in [0.25, 0.3) is 0 Å². The number of rotatable bonds is 7. The molecule has 1 aromatic rings. The number of nitrogens with one attached hydrogen (secondary N) is 1. The van der Waals surface area contributed by atoms with Crippen LogP contribution in [0.15, 0.2) is 18.2 Å². The Morgan fingerprint density at radius 3 is 2.05 bits per heavy atom. The maximum absolute atomic E-state index is 5.50. The summed E-state index contributed by atoms with van der Waals surface area (Å²) in [7, 11) is 3.42. The van der Waals surface area contributed by atoms with E-state index in [0.717, 1.165) is 30.0 Å². The highest BCUT2D eigenvalue weighted by atomic mass is 16.5. The molecule has 1 aromatic carbocycles. The normalized spacial score (nSPS) is 11.7. The lowest BCUT2D eigenvalue weighted by Gasteiger charge is -2.29. The summed E-state index contributed by atoms with van der Waals surface area (Å²) >= 11 is 0. The molecule has 0 saturated heterocycles. The summed E-state index contributed by atoms with van der Waals surface area (Å²) in [6.07, 6.45) is 1.03. The van der Waals surface area contributed by atoms with E-state index in [9.17, 15) is 0 Å². The highest BCUT2D eigenvalue weighted by molar-refractivity contribution is 5.49. The molecule has 0 amide bonds. The molecule has 0 fully saturated rings. The first-order valence-corrected chi connectivity index (χ1v) is 6.87. The van der Waals surface area contributed by atoms with Gasteiger partial charge in [-0.2, -0.15) is 0 Å². The molecule has 0 unspecified atom stereocenters. The van der Waals surface area contributed by atoms with Crippen molar-refractivity contribution in [3.63, 3.8) is 0 Å². The first kappa shape index (κ1) is 15.8. The van der Waals surface area contributed by atoms with Crippen molar-refractivity contribution in [2.45, 2.75) is 45.6 Å². The molecule has 3 heteroatoms. The Balaban J connectivity index is 2.98. The molecule has 1 rings (SSSR count). The molecule has 108 valence electrons. The number of methoxy groups -OCH3 is 2. The van der Waals surface area contributed by atoms with E-state index >= 15 is 0 Å². The van der Waals surface area contributed by atoms with E-state index in [1.807, 2.05) is 18.2 Å². The maximum atomic E-state index is 5.50. The maximum Gasteiger partial charge on any atom is 0.126 e. The predicted octanol–water partition coefficient (Wildman–Crippen LogP) is 3.37. The monoisotopic (exact) mass is 265 g/mol. The topological polar surface area (TPSA) is 30.5 Å². The van der Waals surface area contributed by atoms with Gasteiger partial charge in [0.25, 0.3) is 0 Å². The van der Waals surface area contributed by atoms with Crippen molar-refractivity contribution in [2.24, 2.45) is 0 Å². The third kappa shape index (κ3) is 4.13. The summed E-state index contributed by atoms with van der Waals surface area (Å²) in [5.74, 6) is 1.79. The lowest BCUT2D eigenvalue weighted by Crippen LogP contribution is -2.30. The second kappa shape index (κ2) is 6.80. The molecule has 0 spiro atoms. The molecule has 3 nitrogen and oxygen atoms in total. The van der Waals surface area contributed by atoms with Gasteiger partial charge in [0.1, 0.15) is 11.5 Å². The first-order chi connectivity index (χ1) is 8.92. The molecule has 0 saturated carbocycles. The van der Waals surface area contributed by atoms with Gasteiger partial charge < -0.3 is 14.8 Å². The Kier molecular flexibility index (Phi) is 5.67. The van der Waals surface area contributed by atoms with Gasteiger partial charge in [0.2, 0.25) is 0 Å². The second-order valence-corrected chi connectivity index (χ2v) is 5.78. The van der Waals surface area contributed by atoms with E-state index in [2.05, 4.69) is 33.0 Å². The van der Waals surface area contributed by atoms with E-state index in [4.69, 9.17) is 9.47 Å². The number of benzene rings is 1. The minimum absolute atomic E-state index is 0.000162. The van der Waals surface area contributed by atoms with Gasteiger partial charge in [-0.1, -0.05) is 33.8 Å². The minimum Gasteiger partial charge on any atom is -0.496 e. The van der Waals surface area contributed by atoms with Crippen molar-refractivity contribution in [1.82, 2.24) is 5.32 Å². The summed E-state index contributed by atoms with van der Waals surface area (Å²) in [4.78, 5) is 0. The van der Waals surface area contributed by atoms with Gasteiger partial charge in [0.05, 0.1) is 14.2 Å². The van der Waals surface area contributed by atoms with Crippen LogP contribution in [0.1, 0.15) is 39.7 Å². The fourth-order valence-electron chi connectivity index (χ4n) is 2.32. The van der Waals surface area contributed by atoms with Crippen LogP contribution in [0.5, 0.6) is 11.5 Å². The van der Waals surface area contributed by atoms with Crippen molar-refractivity contribution in [3.8, 4) is 11.5 Å². The van der Waals surface area contributed by atoms with Crippen LogP contribution in [0.4, 0.5) is 0 Å². The third-order valence-electron chi connectivity index (χ3n) is 3.41. The molecule has 0 aliphatic rings. The Bertz CT molecular complexity index is 377. The van der Waals surface area contributed by atoms with E-state index < -0.39 is 0 Å². The highest BCUT2D eigenvalue weighted by Gasteiger charge is 2.27. The molecular weight excluding hydrogens is 238 g/mol. The first-order valence-electron chi connectivity index (χ1n) is 6.87. The Labute approximate surface area is 117 Å². The predicted molar refractivity (Wildman–Crippen MR) is 80.3 cm³/mol. The Morgan fingerprint density at radius 2 is 1.63 bits per heavy atom. The van der Waals surface area contributed by atoms with Crippen LogP contribution >= 0.6 is 0 Å². The van der Waals surface area contributed by atoms with Gasteiger partial charge in [-0.15, -0.1) is 0 Å². The third-order valence-corrected chi connectivity index (χ3v) is 3.41. The SMILES string of the molecule is COc1cccc(OC)c1C(C)(C)CCNC(C)C. The standard InChI is InChI=1S/C16H27NO2/c1-12(2)17-11-10-16(3,4)15-13(18-5)8-7-9-14(15)19-6/h7-9,12,17H,10-11H2,1-6H3. The molecular formula is C16H27NO2. The van der Waals surface area contributed by atoms with E-state index in [0.29, 0.717) is 6.04 Å². The zero-order valence-electron chi connectivity index (χ0n) is 13.0. The van der Waals surface area contributed by atoms with Crippen molar-refractivity contribution in [3.05, 3.63) is 23.8 Å². The summed E-state index contributed by atoms with van der Waals surface area (Å²) in [5.41, 5.74) is 1.14. The lowest BCUT2D eigenvalue weighted by molar-refractivity contribution is 0.350. The van der Waals surface area contributed by atoms with Gasteiger partial charge in [-0.05, 0) is 30.5 Å². The largest absolute Gasteiger partial charge is 0.496 e. The molecule has 0 atom stereocenters. The second-order valence-electron chi connectivity index (χ2n) is 5.78. The zero-order valence-corrected chi connectivity index (χ0v) is 13.0. The Morgan fingerprint density at radius 1 is 1.11 bits per heavy atom. The smallest absolute Gasteiger partial charge is 0.126 e. The highest BCUT2D eigenvalue weighted by Crippen LogP contribution is 2.40. The summed E-state index contributed by atoms with van der Waals surface area (Å²) < 4.78 is 11.0. The van der Waals surface area contributed by atoms with Crippen molar-refractivity contribution in [1.29, 1.82) is 0 Å². The van der Waals surface area contributed by atoms with Gasteiger partial charge in [-0.25, -0.2) is 0 Å². The lowest BCUT2D eigenvalue weighted by atomic mass is 9.80. The average molecular weight is 265 g/mol. The fourth-order valence-corrected chi connectivity index (χ4v) is 2.32. The molecule has 1 N–H and O–H groups in total. The Hall–Kier alpha value is -1.22. The molecule has 0 heterocycles. The van der Waals surface area contributed by atoms with Crippen molar-refractivity contribution in [2.75, 3.05) is 20.8 Å². The molecule has 0 aliphatic carbocycles. The van der Waals surface area contributed by atoms with Crippen molar-refractivity contribution >= 4 is 0 Å². The minimum atomic E-state index is -0.000162. The van der Waals surface area contributed by atoms with Crippen LogP contribution < -0.4 is 14.8 Å². The fraction of sp³-hybridized carbons (Fsp3) is 0.625. The van der Waals surface area contributed by atoms with Gasteiger partial charge in [-0.3, -0.25) is 0 Å². The van der Waals surface area contributed by atoms with Crippen molar-refractivity contribution < 1.29 is 9.47 Å². The number of hydrogen-bond donors (Lipinski definition) is 1. The molecule has 0 aliphatic heterocycles. The van der Waals surface area contributed by atoms with Crippen LogP contribution in [0, 0.1) is 0 Å². The van der Waals surface area contributed by atoms with Crippen LogP contribution in [0.3, 0.4) is 0 Å². The number of hydrogen-bond acceptors (Lipinski definition) is 3. The van der Waals surface area contributed by atoms with E-state index in [1.54, 1.807) is 14.2 Å². The van der Waals surface area contributed by atoms with Crippen LogP contribution in [-0.2, 0) is 5.41 Å². The number of ether oxygens (including phenoxy) is 2. The van der Waals surface area contributed by atoms with Gasteiger partial charge >= 0.3 is 0 Å². The summed E-state index contributed by atoms with van der Waals surface area (Å²) in [6, 6.07) is 6.46. The summed E-state index contributed by atoms with van der Waals surface area (Å²) in [6.45, 7) is 9.77. The van der Waals surface area contributed by atoms with Crippen LogP contribution in [-0.4, -0.2) is 26.8 Å². The van der Waals surface area contributed by atoms with Crippen LogP contribution in [0.2, 0.25) is 0 Å².